The summed E-state index contributed by atoms with van der Waals surface area (Å²) in [6.45, 7) is 0.947. The first kappa shape index (κ1) is 10.0. The lowest BCUT2D eigenvalue weighted by molar-refractivity contribution is 0.862. The fourth-order valence-electron chi connectivity index (χ4n) is 1.86. The van der Waals surface area contributed by atoms with Crippen LogP contribution >= 0.6 is 0 Å². The Bertz CT molecular complexity index is 358. The third kappa shape index (κ3) is 2.98. The van der Waals surface area contributed by atoms with Crippen LogP contribution in [0.25, 0.3) is 0 Å². The van der Waals surface area contributed by atoms with Gasteiger partial charge in [-0.1, -0.05) is 11.6 Å². The van der Waals surface area contributed by atoms with Crippen LogP contribution in [-0.2, 0) is 0 Å². The van der Waals surface area contributed by atoms with E-state index < -0.39 is 0 Å². The Morgan fingerprint density at radius 3 is 3.13 bits per heavy atom. The molecule has 0 unspecified atom stereocenters. The van der Waals surface area contributed by atoms with E-state index in [4.69, 9.17) is 5.73 Å². The number of nitrogens with zero attached hydrogens (tertiary/aromatic N) is 1. The number of hydrogen-bond acceptors (Lipinski definition) is 3. The van der Waals surface area contributed by atoms with Gasteiger partial charge in [0.2, 0.25) is 0 Å². The van der Waals surface area contributed by atoms with E-state index in [1.165, 1.54) is 19.3 Å². The van der Waals surface area contributed by atoms with Crippen LogP contribution in [0.15, 0.2) is 30.0 Å². The highest BCUT2D eigenvalue weighted by Crippen LogP contribution is 2.20. The summed E-state index contributed by atoms with van der Waals surface area (Å²) in [7, 11) is 0. The van der Waals surface area contributed by atoms with E-state index in [9.17, 15) is 0 Å². The van der Waals surface area contributed by atoms with Crippen molar-refractivity contribution in [3.05, 3.63) is 30.0 Å². The zero-order chi connectivity index (χ0) is 10.5. The maximum atomic E-state index is 5.66. The van der Waals surface area contributed by atoms with Crippen molar-refractivity contribution in [2.24, 2.45) is 0 Å². The highest BCUT2D eigenvalue weighted by atomic mass is 15.0. The maximum absolute atomic E-state index is 5.66. The number of nitrogens with one attached hydrogen (secondary N) is 1. The maximum Gasteiger partial charge on any atom is 0.127 e. The molecule has 0 bridgehead atoms. The van der Waals surface area contributed by atoms with Crippen LogP contribution in [0.2, 0.25) is 0 Å². The Kier molecular flexibility index (Phi) is 3.22. The highest BCUT2D eigenvalue weighted by molar-refractivity contribution is 5.48. The van der Waals surface area contributed by atoms with Crippen molar-refractivity contribution in [1.29, 1.82) is 0 Å². The molecule has 0 spiro atoms. The van der Waals surface area contributed by atoms with Gasteiger partial charge in [-0.05, 0) is 31.7 Å². The molecule has 2 rings (SSSR count). The fraction of sp³-hybridized carbons (Fsp3) is 0.417. The third-order valence-electron chi connectivity index (χ3n) is 2.67. The first-order valence-corrected chi connectivity index (χ1v) is 5.48. The van der Waals surface area contributed by atoms with Gasteiger partial charge in [-0.2, -0.15) is 0 Å². The summed E-state index contributed by atoms with van der Waals surface area (Å²) < 4.78 is 0. The molecule has 0 fully saturated rings. The minimum Gasteiger partial charge on any atom is -0.399 e. The number of hydrogen-bond donors (Lipinski definition) is 2. The average molecular weight is 203 g/mol. The van der Waals surface area contributed by atoms with Gasteiger partial charge in [-0.25, -0.2) is 4.98 Å². The largest absolute Gasteiger partial charge is 0.399 e. The van der Waals surface area contributed by atoms with Gasteiger partial charge >= 0.3 is 0 Å². The molecule has 3 N–H and O–H groups in total. The molecule has 0 saturated carbocycles. The predicted molar refractivity (Wildman–Crippen MR) is 63.7 cm³/mol. The Morgan fingerprint density at radius 1 is 1.47 bits per heavy atom. The number of pyridine rings is 1. The van der Waals surface area contributed by atoms with Crippen LogP contribution in [0.3, 0.4) is 0 Å². The molecule has 1 aromatic heterocycles. The summed E-state index contributed by atoms with van der Waals surface area (Å²) in [6.07, 6.45) is 9.06. The lowest BCUT2D eigenvalue weighted by atomic mass is 10.2. The van der Waals surface area contributed by atoms with Gasteiger partial charge in [0.1, 0.15) is 5.82 Å². The number of anilines is 2. The summed E-state index contributed by atoms with van der Waals surface area (Å²) in [4.78, 5) is 4.19. The van der Waals surface area contributed by atoms with Crippen molar-refractivity contribution in [3.63, 3.8) is 0 Å². The van der Waals surface area contributed by atoms with Gasteiger partial charge in [0, 0.05) is 24.5 Å². The molecular formula is C12H17N3. The summed E-state index contributed by atoms with van der Waals surface area (Å²) in [5.41, 5.74) is 7.99. The van der Waals surface area contributed by atoms with E-state index in [1.807, 2.05) is 6.07 Å². The predicted octanol–water partition coefficient (Wildman–Crippen LogP) is 2.58. The lowest BCUT2D eigenvalue weighted by Gasteiger charge is -2.06. The topological polar surface area (TPSA) is 50.9 Å². The SMILES string of the molecule is Nc1ccnc(NCCC2=CCCC2)c1. The highest BCUT2D eigenvalue weighted by Gasteiger charge is 2.03. The lowest BCUT2D eigenvalue weighted by Crippen LogP contribution is -2.04. The van der Waals surface area contributed by atoms with Gasteiger partial charge in [0.15, 0.2) is 0 Å². The summed E-state index contributed by atoms with van der Waals surface area (Å²) >= 11 is 0. The molecule has 0 saturated heterocycles. The molecule has 3 nitrogen and oxygen atoms in total. The van der Waals surface area contributed by atoms with Crippen LogP contribution < -0.4 is 11.1 Å². The second-order valence-corrected chi connectivity index (χ2v) is 3.91. The van der Waals surface area contributed by atoms with Crippen molar-refractivity contribution in [1.82, 2.24) is 4.98 Å². The molecule has 1 aromatic rings. The summed E-state index contributed by atoms with van der Waals surface area (Å²) in [6, 6.07) is 3.66. The number of rotatable bonds is 4. The Morgan fingerprint density at radius 2 is 2.40 bits per heavy atom. The van der Waals surface area contributed by atoms with Gasteiger partial charge < -0.3 is 11.1 Å². The molecule has 0 aromatic carbocycles. The second kappa shape index (κ2) is 4.82. The Balaban J connectivity index is 1.78. The molecular weight excluding hydrogens is 186 g/mol. The molecule has 0 amide bonds. The van der Waals surface area contributed by atoms with Gasteiger partial charge in [-0.15, -0.1) is 0 Å². The molecule has 1 heterocycles. The molecule has 1 aliphatic carbocycles. The van der Waals surface area contributed by atoms with Crippen LogP contribution in [-0.4, -0.2) is 11.5 Å². The normalized spacial score (nSPS) is 15.1. The van der Waals surface area contributed by atoms with E-state index in [2.05, 4.69) is 16.4 Å². The van der Waals surface area contributed by atoms with E-state index in [1.54, 1.807) is 17.8 Å². The number of nitrogen functional groups attached to an aromatic ring is 1. The van der Waals surface area contributed by atoms with Crippen LogP contribution in [0.4, 0.5) is 11.5 Å². The van der Waals surface area contributed by atoms with Crippen molar-refractivity contribution >= 4 is 11.5 Å². The van der Waals surface area contributed by atoms with Crippen molar-refractivity contribution in [3.8, 4) is 0 Å². The van der Waals surface area contributed by atoms with E-state index in [-0.39, 0.29) is 0 Å². The van der Waals surface area contributed by atoms with Crippen molar-refractivity contribution in [2.75, 3.05) is 17.6 Å². The fourth-order valence-corrected chi connectivity index (χ4v) is 1.86. The number of allylic oxidation sites excluding steroid dienone is 1. The Hall–Kier alpha value is -1.51. The first-order valence-electron chi connectivity index (χ1n) is 5.48. The molecule has 15 heavy (non-hydrogen) atoms. The van der Waals surface area contributed by atoms with Crippen LogP contribution in [0, 0.1) is 0 Å². The molecule has 3 heteroatoms. The van der Waals surface area contributed by atoms with Crippen molar-refractivity contribution < 1.29 is 0 Å². The molecule has 0 aliphatic heterocycles. The summed E-state index contributed by atoms with van der Waals surface area (Å²) in [5.74, 6) is 0.869. The monoisotopic (exact) mass is 203 g/mol. The smallest absolute Gasteiger partial charge is 0.127 e. The minimum absolute atomic E-state index is 0.757. The second-order valence-electron chi connectivity index (χ2n) is 3.91. The third-order valence-corrected chi connectivity index (χ3v) is 2.67. The zero-order valence-electron chi connectivity index (χ0n) is 8.87. The standard InChI is InChI=1S/C12H17N3/c13-11-6-8-15-12(9-11)14-7-5-10-3-1-2-4-10/h3,6,8-9H,1-2,4-5,7H2,(H3,13,14,15). The Labute approximate surface area is 90.4 Å². The van der Waals surface area contributed by atoms with E-state index in [0.29, 0.717) is 0 Å². The van der Waals surface area contributed by atoms with E-state index in [0.717, 1.165) is 24.5 Å². The molecule has 1 aliphatic rings. The molecule has 0 radical (unpaired) electrons. The van der Waals surface area contributed by atoms with Crippen LogP contribution in [0.1, 0.15) is 25.7 Å². The molecule has 0 atom stereocenters. The average Bonchev–Trinajstić information content (AvgIpc) is 2.71. The minimum atomic E-state index is 0.757. The molecule has 80 valence electrons. The van der Waals surface area contributed by atoms with Gasteiger partial charge in [0.05, 0.1) is 0 Å². The van der Waals surface area contributed by atoms with E-state index >= 15 is 0 Å². The van der Waals surface area contributed by atoms with Crippen molar-refractivity contribution in [2.45, 2.75) is 25.7 Å². The van der Waals surface area contributed by atoms with Crippen LogP contribution in [0.5, 0.6) is 0 Å². The summed E-state index contributed by atoms with van der Waals surface area (Å²) in [5, 5.41) is 3.28. The quantitative estimate of drug-likeness (QED) is 0.739. The first-order chi connectivity index (χ1) is 7.34. The zero-order valence-corrected chi connectivity index (χ0v) is 8.87. The van der Waals surface area contributed by atoms with Gasteiger partial charge in [0.25, 0.3) is 0 Å². The number of aromatic nitrogens is 1. The van der Waals surface area contributed by atoms with Gasteiger partial charge in [-0.3, -0.25) is 0 Å². The number of nitrogens with two attached hydrogens (primary N) is 1.